The Labute approximate surface area is 109 Å². The summed E-state index contributed by atoms with van der Waals surface area (Å²) < 4.78 is 4.92. The number of aromatic nitrogens is 3. The van der Waals surface area contributed by atoms with Crippen LogP contribution in [0.25, 0.3) is 0 Å². The van der Waals surface area contributed by atoms with Crippen LogP contribution in [-0.2, 0) is 4.79 Å². The number of halogens is 1. The molecular formula is C10H13ClN4O3. The average Bonchev–Trinajstić information content (AvgIpc) is 2.75. The Morgan fingerprint density at radius 2 is 2.33 bits per heavy atom. The minimum Gasteiger partial charge on any atom is -0.481 e. The molecule has 0 spiro atoms. The van der Waals surface area contributed by atoms with Crippen LogP contribution < -0.4 is 9.64 Å². The fraction of sp³-hybridized carbons (Fsp3) is 0.600. The van der Waals surface area contributed by atoms with Crippen molar-refractivity contribution >= 4 is 23.5 Å². The van der Waals surface area contributed by atoms with Gasteiger partial charge in [0.15, 0.2) is 0 Å². The van der Waals surface area contributed by atoms with E-state index in [1.54, 1.807) is 0 Å². The lowest BCUT2D eigenvalue weighted by Crippen LogP contribution is -2.23. The molecule has 0 aliphatic carbocycles. The predicted molar refractivity (Wildman–Crippen MR) is 64.0 cm³/mol. The molecular weight excluding hydrogens is 260 g/mol. The highest BCUT2D eigenvalue weighted by Crippen LogP contribution is 2.24. The van der Waals surface area contributed by atoms with Crippen molar-refractivity contribution in [2.75, 3.05) is 25.1 Å². The zero-order valence-electron chi connectivity index (χ0n) is 9.84. The Balaban J connectivity index is 2.09. The zero-order chi connectivity index (χ0) is 13.1. The molecule has 0 radical (unpaired) electrons. The second-order valence-corrected chi connectivity index (χ2v) is 4.43. The molecule has 1 unspecified atom stereocenters. The van der Waals surface area contributed by atoms with Crippen LogP contribution in [0.5, 0.6) is 6.01 Å². The monoisotopic (exact) mass is 272 g/mol. The van der Waals surface area contributed by atoms with Gasteiger partial charge in [-0.3, -0.25) is 4.79 Å². The number of ether oxygens (including phenoxy) is 1. The van der Waals surface area contributed by atoms with E-state index in [0.717, 1.165) is 6.42 Å². The number of rotatable bonds is 4. The van der Waals surface area contributed by atoms with Crippen molar-refractivity contribution in [3.8, 4) is 6.01 Å². The number of hydrogen-bond donors (Lipinski definition) is 1. The molecule has 8 heteroatoms. The van der Waals surface area contributed by atoms with Crippen LogP contribution in [0.4, 0.5) is 5.95 Å². The Hall–Kier alpha value is -1.63. The molecule has 98 valence electrons. The van der Waals surface area contributed by atoms with Gasteiger partial charge < -0.3 is 14.7 Å². The summed E-state index contributed by atoms with van der Waals surface area (Å²) >= 11 is 5.76. The molecule has 2 rings (SSSR count). The van der Waals surface area contributed by atoms with Gasteiger partial charge in [-0.05, 0) is 23.9 Å². The molecule has 1 aliphatic rings. The lowest BCUT2D eigenvalue weighted by molar-refractivity contribution is -0.137. The molecule has 1 atom stereocenters. The molecule has 1 saturated heterocycles. The summed E-state index contributed by atoms with van der Waals surface area (Å²) in [4.78, 5) is 24.5. The van der Waals surface area contributed by atoms with Gasteiger partial charge in [0.05, 0.1) is 7.11 Å². The van der Waals surface area contributed by atoms with Crippen LogP contribution >= 0.6 is 11.6 Å². The summed E-state index contributed by atoms with van der Waals surface area (Å²) in [5.41, 5.74) is 0. The van der Waals surface area contributed by atoms with Gasteiger partial charge >= 0.3 is 12.0 Å². The summed E-state index contributed by atoms with van der Waals surface area (Å²) in [5.74, 6) is -0.239. The fourth-order valence-electron chi connectivity index (χ4n) is 1.98. The number of hydrogen-bond acceptors (Lipinski definition) is 6. The first kappa shape index (κ1) is 12.8. The number of carboxylic acids is 1. The molecule has 18 heavy (non-hydrogen) atoms. The Bertz CT molecular complexity index is 457. The maximum atomic E-state index is 10.7. The summed E-state index contributed by atoms with van der Waals surface area (Å²) in [7, 11) is 1.45. The van der Waals surface area contributed by atoms with Crippen molar-refractivity contribution < 1.29 is 14.6 Å². The molecule has 0 saturated carbocycles. The second kappa shape index (κ2) is 5.34. The molecule has 1 aromatic rings. The van der Waals surface area contributed by atoms with Gasteiger partial charge in [0.2, 0.25) is 11.2 Å². The van der Waals surface area contributed by atoms with E-state index in [1.807, 2.05) is 4.90 Å². The number of methoxy groups -OCH3 is 1. The summed E-state index contributed by atoms with van der Waals surface area (Å²) in [6.07, 6.45) is 0.963. The van der Waals surface area contributed by atoms with Gasteiger partial charge in [-0.1, -0.05) is 0 Å². The van der Waals surface area contributed by atoms with E-state index >= 15 is 0 Å². The predicted octanol–water partition coefficient (Wildman–Crippen LogP) is 0.835. The lowest BCUT2D eigenvalue weighted by Gasteiger charge is -2.16. The van der Waals surface area contributed by atoms with E-state index in [0.29, 0.717) is 19.0 Å². The normalized spacial score (nSPS) is 19.0. The standard InChI is InChI=1S/C10H13ClN4O3/c1-18-10-13-8(11)12-9(14-10)15-3-2-6(5-15)4-7(16)17/h6H,2-5H2,1H3,(H,16,17). The molecule has 1 aromatic heterocycles. The van der Waals surface area contributed by atoms with Crippen LogP contribution in [0, 0.1) is 5.92 Å². The first-order valence-corrected chi connectivity index (χ1v) is 5.88. The first-order chi connectivity index (χ1) is 8.58. The third kappa shape index (κ3) is 2.98. The second-order valence-electron chi connectivity index (χ2n) is 4.09. The first-order valence-electron chi connectivity index (χ1n) is 5.51. The van der Waals surface area contributed by atoms with Crippen LogP contribution in [0.2, 0.25) is 5.28 Å². The summed E-state index contributed by atoms with van der Waals surface area (Å²) in [6.45, 7) is 1.32. The molecule has 2 heterocycles. The van der Waals surface area contributed by atoms with Crippen LogP contribution in [0.1, 0.15) is 12.8 Å². The van der Waals surface area contributed by atoms with Gasteiger partial charge in [0.25, 0.3) is 0 Å². The smallest absolute Gasteiger partial charge is 0.322 e. The van der Waals surface area contributed by atoms with Crippen LogP contribution in [0.15, 0.2) is 0 Å². The number of anilines is 1. The van der Waals surface area contributed by atoms with Gasteiger partial charge in [-0.15, -0.1) is 0 Å². The number of nitrogens with zero attached hydrogens (tertiary/aromatic N) is 4. The van der Waals surface area contributed by atoms with Gasteiger partial charge in [-0.25, -0.2) is 0 Å². The molecule has 1 aliphatic heterocycles. The van der Waals surface area contributed by atoms with E-state index in [2.05, 4.69) is 15.0 Å². The SMILES string of the molecule is COc1nc(Cl)nc(N2CCC(CC(=O)O)C2)n1. The molecule has 0 aromatic carbocycles. The van der Waals surface area contributed by atoms with Crippen LogP contribution in [0.3, 0.4) is 0 Å². The average molecular weight is 273 g/mol. The molecule has 0 bridgehead atoms. The molecule has 1 fully saturated rings. The highest BCUT2D eigenvalue weighted by atomic mass is 35.5. The Morgan fingerprint density at radius 1 is 1.56 bits per heavy atom. The lowest BCUT2D eigenvalue weighted by atomic mass is 10.1. The fourth-order valence-corrected chi connectivity index (χ4v) is 2.13. The van der Waals surface area contributed by atoms with Crippen molar-refractivity contribution in [1.82, 2.24) is 15.0 Å². The molecule has 1 N–H and O–H groups in total. The van der Waals surface area contributed by atoms with Crippen molar-refractivity contribution in [3.63, 3.8) is 0 Å². The van der Waals surface area contributed by atoms with Gasteiger partial charge in [0, 0.05) is 19.5 Å². The minimum atomic E-state index is -0.784. The number of carbonyl (C=O) groups is 1. The quantitative estimate of drug-likeness (QED) is 0.868. The van der Waals surface area contributed by atoms with Crippen LogP contribution in [-0.4, -0.2) is 46.2 Å². The Kier molecular flexibility index (Phi) is 3.81. The number of carboxylic acid groups (broad SMARTS) is 1. The van der Waals surface area contributed by atoms with Gasteiger partial charge in [-0.2, -0.15) is 15.0 Å². The molecule has 7 nitrogen and oxygen atoms in total. The third-order valence-corrected chi connectivity index (χ3v) is 2.96. The van der Waals surface area contributed by atoms with Crippen molar-refractivity contribution in [3.05, 3.63) is 5.28 Å². The maximum absolute atomic E-state index is 10.7. The molecule has 0 amide bonds. The number of aliphatic carboxylic acids is 1. The zero-order valence-corrected chi connectivity index (χ0v) is 10.6. The minimum absolute atomic E-state index is 0.0681. The summed E-state index contributed by atoms with van der Waals surface area (Å²) in [6, 6.07) is 0.159. The largest absolute Gasteiger partial charge is 0.481 e. The van der Waals surface area contributed by atoms with Crippen molar-refractivity contribution in [1.29, 1.82) is 0 Å². The topological polar surface area (TPSA) is 88.4 Å². The highest BCUT2D eigenvalue weighted by Gasteiger charge is 2.26. The maximum Gasteiger partial charge on any atom is 0.322 e. The van der Waals surface area contributed by atoms with Crippen molar-refractivity contribution in [2.24, 2.45) is 5.92 Å². The van der Waals surface area contributed by atoms with E-state index in [4.69, 9.17) is 21.4 Å². The third-order valence-electron chi connectivity index (χ3n) is 2.79. The van der Waals surface area contributed by atoms with Crippen molar-refractivity contribution in [2.45, 2.75) is 12.8 Å². The highest BCUT2D eigenvalue weighted by molar-refractivity contribution is 6.28. The van der Waals surface area contributed by atoms with Gasteiger partial charge in [0.1, 0.15) is 0 Å². The summed E-state index contributed by atoms with van der Waals surface area (Å²) in [5, 5.41) is 8.82. The Morgan fingerprint density at radius 3 is 3.00 bits per heavy atom. The van der Waals surface area contributed by atoms with E-state index in [9.17, 15) is 4.79 Å². The van der Waals surface area contributed by atoms with E-state index in [-0.39, 0.29) is 23.6 Å². The van der Waals surface area contributed by atoms with E-state index in [1.165, 1.54) is 7.11 Å². The van der Waals surface area contributed by atoms with E-state index < -0.39 is 5.97 Å².